The van der Waals surface area contributed by atoms with E-state index < -0.39 is 0 Å². The molecule has 0 radical (unpaired) electrons. The van der Waals surface area contributed by atoms with Gasteiger partial charge in [0.25, 0.3) is 0 Å². The smallest absolute Gasteiger partial charge is 0.337 e. The van der Waals surface area contributed by atoms with Crippen molar-refractivity contribution >= 4 is 28.5 Å². The van der Waals surface area contributed by atoms with E-state index in [1.165, 1.54) is 12.7 Å². The number of hydrogen-bond acceptors (Lipinski definition) is 3. The van der Waals surface area contributed by atoms with Crippen molar-refractivity contribution in [3.05, 3.63) is 65.4 Å². The van der Waals surface area contributed by atoms with Gasteiger partial charge in [0.1, 0.15) is 0 Å². The maximum absolute atomic E-state index is 12.0. The molecule has 0 aliphatic carbocycles. The molecule has 1 amide bonds. The molecule has 2 N–H and O–H groups in total. The quantitative estimate of drug-likeness (QED) is 0.425. The summed E-state index contributed by atoms with van der Waals surface area (Å²) in [6.07, 6.45) is 6.41. The van der Waals surface area contributed by atoms with Crippen LogP contribution in [0.2, 0.25) is 0 Å². The molecule has 0 fully saturated rings. The molecule has 3 aromatic rings. The standard InChI is InChI=1S/C23H26N2O3/c1-3-4-5-6-22(26)25-19-11-12-20-18(15-24-21(20)14-19)13-16-7-9-17(10-8-16)23(27)28-2/h7-12,14-15,24H,3-6,13H2,1-2H3,(H,25,26). The van der Waals surface area contributed by atoms with Gasteiger partial charge in [-0.2, -0.15) is 0 Å². The van der Waals surface area contributed by atoms with Crippen LogP contribution < -0.4 is 5.32 Å². The predicted octanol–water partition coefficient (Wildman–Crippen LogP) is 5.06. The number of anilines is 1. The molecule has 2 aromatic carbocycles. The van der Waals surface area contributed by atoms with Crippen LogP contribution in [0.3, 0.4) is 0 Å². The van der Waals surface area contributed by atoms with Gasteiger partial charge in [0.05, 0.1) is 12.7 Å². The lowest BCUT2D eigenvalue weighted by molar-refractivity contribution is -0.116. The van der Waals surface area contributed by atoms with Gasteiger partial charge < -0.3 is 15.0 Å². The number of carbonyl (C=O) groups is 2. The molecule has 0 aliphatic heterocycles. The van der Waals surface area contributed by atoms with Crippen molar-refractivity contribution in [1.82, 2.24) is 4.98 Å². The summed E-state index contributed by atoms with van der Waals surface area (Å²) in [6, 6.07) is 13.4. The van der Waals surface area contributed by atoms with Gasteiger partial charge in [0, 0.05) is 29.2 Å². The number of amides is 1. The molecule has 0 saturated heterocycles. The number of H-pyrrole nitrogens is 1. The van der Waals surface area contributed by atoms with Gasteiger partial charge in [-0.1, -0.05) is 38.0 Å². The fraction of sp³-hybridized carbons (Fsp3) is 0.304. The van der Waals surface area contributed by atoms with E-state index in [1.807, 2.05) is 36.5 Å². The third-order valence-corrected chi connectivity index (χ3v) is 4.83. The molecule has 0 spiro atoms. The molecular weight excluding hydrogens is 352 g/mol. The van der Waals surface area contributed by atoms with Gasteiger partial charge in [0.2, 0.25) is 5.91 Å². The molecule has 0 aliphatic rings. The first kappa shape index (κ1) is 19.7. The summed E-state index contributed by atoms with van der Waals surface area (Å²) in [4.78, 5) is 26.8. The van der Waals surface area contributed by atoms with Gasteiger partial charge >= 0.3 is 5.97 Å². The molecule has 28 heavy (non-hydrogen) atoms. The molecule has 1 aromatic heterocycles. The van der Waals surface area contributed by atoms with E-state index in [4.69, 9.17) is 4.74 Å². The van der Waals surface area contributed by atoms with Gasteiger partial charge in [-0.05, 0) is 48.2 Å². The number of nitrogens with one attached hydrogen (secondary N) is 2. The van der Waals surface area contributed by atoms with E-state index in [1.54, 1.807) is 12.1 Å². The largest absolute Gasteiger partial charge is 0.465 e. The Balaban J connectivity index is 1.68. The zero-order valence-corrected chi connectivity index (χ0v) is 16.4. The Morgan fingerprint density at radius 2 is 1.86 bits per heavy atom. The van der Waals surface area contributed by atoms with Crippen molar-refractivity contribution in [1.29, 1.82) is 0 Å². The molecule has 1 heterocycles. The number of methoxy groups -OCH3 is 1. The number of ether oxygens (including phenoxy) is 1. The fourth-order valence-electron chi connectivity index (χ4n) is 3.27. The normalized spacial score (nSPS) is 10.8. The van der Waals surface area contributed by atoms with E-state index in [-0.39, 0.29) is 11.9 Å². The van der Waals surface area contributed by atoms with Crippen molar-refractivity contribution < 1.29 is 14.3 Å². The first-order chi connectivity index (χ1) is 13.6. The summed E-state index contributed by atoms with van der Waals surface area (Å²) < 4.78 is 4.73. The van der Waals surface area contributed by atoms with Crippen molar-refractivity contribution in [2.75, 3.05) is 12.4 Å². The van der Waals surface area contributed by atoms with Crippen LogP contribution in [0.25, 0.3) is 10.9 Å². The van der Waals surface area contributed by atoms with Crippen LogP contribution in [0.15, 0.2) is 48.7 Å². The van der Waals surface area contributed by atoms with Gasteiger partial charge in [0.15, 0.2) is 0 Å². The van der Waals surface area contributed by atoms with E-state index in [9.17, 15) is 9.59 Å². The second-order valence-electron chi connectivity index (χ2n) is 6.94. The van der Waals surface area contributed by atoms with E-state index in [2.05, 4.69) is 17.2 Å². The van der Waals surface area contributed by atoms with E-state index in [0.29, 0.717) is 12.0 Å². The van der Waals surface area contributed by atoms with Crippen LogP contribution >= 0.6 is 0 Å². The molecule has 0 saturated carbocycles. The van der Waals surface area contributed by atoms with Gasteiger partial charge in [-0.25, -0.2) is 4.79 Å². The van der Waals surface area contributed by atoms with Crippen LogP contribution in [0.4, 0.5) is 5.69 Å². The number of rotatable bonds is 8. The van der Waals surface area contributed by atoms with Crippen LogP contribution in [-0.2, 0) is 16.0 Å². The molecule has 146 valence electrons. The SMILES string of the molecule is CCCCCC(=O)Nc1ccc2c(Cc3ccc(C(=O)OC)cc3)c[nH]c2c1. The predicted molar refractivity (Wildman–Crippen MR) is 112 cm³/mol. The highest BCUT2D eigenvalue weighted by atomic mass is 16.5. The van der Waals surface area contributed by atoms with Crippen molar-refractivity contribution in [2.24, 2.45) is 0 Å². The highest BCUT2D eigenvalue weighted by molar-refractivity contribution is 5.94. The number of unbranched alkanes of at least 4 members (excludes halogenated alkanes) is 2. The molecular formula is C23H26N2O3. The maximum Gasteiger partial charge on any atom is 0.337 e. The highest BCUT2D eigenvalue weighted by Gasteiger charge is 2.09. The number of aromatic nitrogens is 1. The summed E-state index contributed by atoms with van der Waals surface area (Å²) in [5.74, 6) is -0.270. The summed E-state index contributed by atoms with van der Waals surface area (Å²) in [5, 5.41) is 4.10. The molecule has 0 atom stereocenters. The average Bonchev–Trinajstić information content (AvgIpc) is 3.10. The van der Waals surface area contributed by atoms with Crippen molar-refractivity contribution in [3.63, 3.8) is 0 Å². The summed E-state index contributed by atoms with van der Waals surface area (Å²) in [7, 11) is 1.38. The van der Waals surface area contributed by atoms with Gasteiger partial charge in [-0.3, -0.25) is 4.79 Å². The lowest BCUT2D eigenvalue weighted by Crippen LogP contribution is -2.10. The van der Waals surface area contributed by atoms with E-state index >= 15 is 0 Å². The Morgan fingerprint density at radius 3 is 2.57 bits per heavy atom. The zero-order chi connectivity index (χ0) is 19.9. The molecule has 0 bridgehead atoms. The summed E-state index contributed by atoms with van der Waals surface area (Å²) in [5.41, 5.74) is 4.63. The minimum absolute atomic E-state index is 0.0604. The molecule has 3 rings (SSSR count). The first-order valence-electron chi connectivity index (χ1n) is 9.68. The monoisotopic (exact) mass is 378 g/mol. The molecule has 5 heteroatoms. The Kier molecular flexibility index (Phi) is 6.48. The topological polar surface area (TPSA) is 71.2 Å². The minimum Gasteiger partial charge on any atom is -0.465 e. The maximum atomic E-state index is 12.0. The van der Waals surface area contributed by atoms with Crippen molar-refractivity contribution in [3.8, 4) is 0 Å². The number of benzene rings is 2. The Bertz CT molecular complexity index is 958. The first-order valence-corrected chi connectivity index (χ1v) is 9.68. The number of carbonyl (C=O) groups excluding carboxylic acids is 2. The van der Waals surface area contributed by atoms with Crippen LogP contribution in [0, 0.1) is 0 Å². The average molecular weight is 378 g/mol. The third kappa shape index (κ3) is 4.80. The third-order valence-electron chi connectivity index (χ3n) is 4.83. The Labute approximate surface area is 165 Å². The molecule has 5 nitrogen and oxygen atoms in total. The number of esters is 1. The van der Waals surface area contributed by atoms with E-state index in [0.717, 1.165) is 47.8 Å². The number of fused-ring (bicyclic) bond motifs is 1. The lowest BCUT2D eigenvalue weighted by Gasteiger charge is -2.06. The Morgan fingerprint density at radius 1 is 1.07 bits per heavy atom. The summed E-state index contributed by atoms with van der Waals surface area (Å²) >= 11 is 0. The highest BCUT2D eigenvalue weighted by Crippen LogP contribution is 2.24. The Hall–Kier alpha value is -3.08. The van der Waals surface area contributed by atoms with Gasteiger partial charge in [-0.15, -0.1) is 0 Å². The van der Waals surface area contributed by atoms with Crippen molar-refractivity contribution in [2.45, 2.75) is 39.0 Å². The van der Waals surface area contributed by atoms with Crippen LogP contribution in [0.5, 0.6) is 0 Å². The zero-order valence-electron chi connectivity index (χ0n) is 16.4. The fourth-order valence-corrected chi connectivity index (χ4v) is 3.27. The number of hydrogen-bond donors (Lipinski definition) is 2. The number of aromatic amines is 1. The van der Waals surface area contributed by atoms with Crippen LogP contribution in [0.1, 0.15) is 54.1 Å². The summed E-state index contributed by atoms with van der Waals surface area (Å²) in [6.45, 7) is 2.13. The minimum atomic E-state index is -0.331. The lowest BCUT2D eigenvalue weighted by atomic mass is 10.0. The molecule has 0 unspecified atom stereocenters. The van der Waals surface area contributed by atoms with Crippen LogP contribution in [-0.4, -0.2) is 24.0 Å². The second-order valence-corrected chi connectivity index (χ2v) is 6.94. The second kappa shape index (κ2) is 9.22.